The zero-order valence-corrected chi connectivity index (χ0v) is 18.9. The van der Waals surface area contributed by atoms with Gasteiger partial charge in [0.1, 0.15) is 11.5 Å². The fourth-order valence-electron chi connectivity index (χ4n) is 3.60. The maximum Gasteiger partial charge on any atom is 0.433 e. The number of hydrogen-bond acceptors (Lipinski definition) is 6. The second kappa shape index (κ2) is 9.64. The summed E-state index contributed by atoms with van der Waals surface area (Å²) in [4.78, 5) is 24.1. The van der Waals surface area contributed by atoms with Crippen LogP contribution in [0.5, 0.6) is 0 Å². The Morgan fingerprint density at radius 3 is 2.51 bits per heavy atom. The molecule has 0 aliphatic carbocycles. The number of nitrogens with one attached hydrogen (secondary N) is 2. The highest BCUT2D eigenvalue weighted by atomic mass is 19.4. The Bertz CT molecular complexity index is 1580. The van der Waals surface area contributed by atoms with Crippen molar-refractivity contribution in [2.24, 2.45) is 0 Å². The fourth-order valence-corrected chi connectivity index (χ4v) is 3.60. The lowest BCUT2D eigenvalue weighted by Crippen LogP contribution is -2.16. The first-order valence-electron chi connectivity index (χ1n) is 10.9. The maximum atomic E-state index is 14.7. The number of benzene rings is 1. The van der Waals surface area contributed by atoms with Crippen molar-refractivity contribution in [3.05, 3.63) is 96.6 Å². The van der Waals surface area contributed by atoms with Crippen LogP contribution in [0.2, 0.25) is 0 Å². The normalized spacial score (nSPS) is 11.5. The summed E-state index contributed by atoms with van der Waals surface area (Å²) < 4.78 is 54.9. The number of rotatable bonds is 6. The standard InChI is InChI=1S/C25H17F4N7O/c26-19-9-15(4-5-16(19)10-23(37)34-18-6-7-30-22(11-18)25(27,28)29)17-12-31-24(32-13-17)35-20-14-33-36-8-2-1-3-21(20)36/h1-9,11-14H,10H2,(H,30,34,37)(H,31,32,35). The minimum Gasteiger partial charge on any atom is -0.326 e. The number of carbonyl (C=O) groups is 1. The molecule has 0 aliphatic rings. The van der Waals surface area contributed by atoms with Crippen molar-refractivity contribution >= 4 is 28.7 Å². The van der Waals surface area contributed by atoms with Gasteiger partial charge in [0.15, 0.2) is 0 Å². The molecule has 0 fully saturated rings. The molecule has 1 aromatic carbocycles. The van der Waals surface area contributed by atoms with Crippen molar-refractivity contribution in [2.45, 2.75) is 12.6 Å². The van der Waals surface area contributed by atoms with Crippen LogP contribution in [0.3, 0.4) is 0 Å². The van der Waals surface area contributed by atoms with E-state index in [1.807, 2.05) is 24.4 Å². The SMILES string of the molecule is O=C(Cc1ccc(-c2cnc(Nc3cnn4ccccc34)nc2)cc1F)Nc1ccnc(C(F)(F)F)c1. The number of alkyl halides is 3. The van der Waals surface area contributed by atoms with E-state index >= 15 is 0 Å². The molecule has 0 bridgehead atoms. The third-order valence-corrected chi connectivity index (χ3v) is 5.40. The second-order valence-electron chi connectivity index (χ2n) is 7.97. The van der Waals surface area contributed by atoms with Crippen molar-refractivity contribution in [3.8, 4) is 11.1 Å². The highest BCUT2D eigenvalue weighted by Crippen LogP contribution is 2.29. The van der Waals surface area contributed by atoms with Crippen LogP contribution in [-0.4, -0.2) is 30.5 Å². The first kappa shape index (κ1) is 23.9. The molecule has 0 saturated heterocycles. The van der Waals surface area contributed by atoms with Gasteiger partial charge in [-0.1, -0.05) is 18.2 Å². The Hall–Kier alpha value is -4.87. The van der Waals surface area contributed by atoms with Crippen LogP contribution < -0.4 is 10.6 Å². The predicted octanol–water partition coefficient (Wildman–Crippen LogP) is 5.27. The second-order valence-corrected chi connectivity index (χ2v) is 7.97. The number of pyridine rings is 2. The van der Waals surface area contributed by atoms with E-state index in [1.165, 1.54) is 30.6 Å². The van der Waals surface area contributed by atoms with E-state index in [4.69, 9.17) is 0 Å². The quantitative estimate of drug-likeness (QED) is 0.304. The predicted molar refractivity (Wildman–Crippen MR) is 127 cm³/mol. The largest absolute Gasteiger partial charge is 0.433 e. The molecule has 0 aliphatic heterocycles. The van der Waals surface area contributed by atoms with Crippen molar-refractivity contribution in [1.82, 2.24) is 24.6 Å². The van der Waals surface area contributed by atoms with Gasteiger partial charge in [0.2, 0.25) is 11.9 Å². The first-order valence-corrected chi connectivity index (χ1v) is 10.9. The first-order chi connectivity index (χ1) is 17.8. The molecule has 37 heavy (non-hydrogen) atoms. The maximum absolute atomic E-state index is 14.7. The molecular formula is C25H17F4N7O. The van der Waals surface area contributed by atoms with Crippen molar-refractivity contribution < 1.29 is 22.4 Å². The molecule has 0 radical (unpaired) electrons. The van der Waals surface area contributed by atoms with Crippen molar-refractivity contribution in [1.29, 1.82) is 0 Å². The number of anilines is 3. The van der Waals surface area contributed by atoms with Gasteiger partial charge in [-0.05, 0) is 41.5 Å². The number of fused-ring (bicyclic) bond motifs is 1. The fraction of sp³-hybridized carbons (Fsp3) is 0.0800. The molecule has 186 valence electrons. The lowest BCUT2D eigenvalue weighted by molar-refractivity contribution is -0.141. The van der Waals surface area contributed by atoms with Gasteiger partial charge in [0, 0.05) is 36.0 Å². The number of carbonyl (C=O) groups excluding carboxylic acids is 1. The highest BCUT2D eigenvalue weighted by molar-refractivity contribution is 5.92. The van der Waals surface area contributed by atoms with Gasteiger partial charge in [0.05, 0.1) is 23.8 Å². The Balaban J connectivity index is 1.25. The third kappa shape index (κ3) is 5.37. The monoisotopic (exact) mass is 507 g/mol. The van der Waals surface area contributed by atoms with E-state index < -0.39 is 23.6 Å². The van der Waals surface area contributed by atoms with Crippen LogP contribution in [0.4, 0.5) is 34.9 Å². The number of amides is 1. The van der Waals surface area contributed by atoms with Crippen LogP contribution in [-0.2, 0) is 17.4 Å². The molecule has 4 aromatic heterocycles. The van der Waals surface area contributed by atoms with E-state index in [9.17, 15) is 22.4 Å². The summed E-state index contributed by atoms with van der Waals surface area (Å²) in [5.41, 5.74) is 1.48. The molecular weight excluding hydrogens is 490 g/mol. The molecule has 0 unspecified atom stereocenters. The molecule has 2 N–H and O–H groups in total. The van der Waals surface area contributed by atoms with E-state index in [1.54, 1.807) is 16.8 Å². The Labute approximate surface area is 207 Å². The molecule has 5 aromatic rings. The lowest BCUT2D eigenvalue weighted by atomic mass is 10.0. The van der Waals surface area contributed by atoms with Crippen molar-refractivity contribution in [2.75, 3.05) is 10.6 Å². The zero-order valence-electron chi connectivity index (χ0n) is 18.9. The number of hydrogen-bond donors (Lipinski definition) is 2. The molecule has 8 nitrogen and oxygen atoms in total. The average Bonchev–Trinajstić information content (AvgIpc) is 3.28. The molecule has 1 amide bonds. The van der Waals surface area contributed by atoms with E-state index in [0.717, 1.165) is 17.4 Å². The molecule has 0 atom stereocenters. The van der Waals surface area contributed by atoms with Gasteiger partial charge in [-0.2, -0.15) is 18.3 Å². The smallest absolute Gasteiger partial charge is 0.326 e. The van der Waals surface area contributed by atoms with Crippen LogP contribution >= 0.6 is 0 Å². The summed E-state index contributed by atoms with van der Waals surface area (Å²) in [6.07, 6.45) is 2.46. The van der Waals surface area contributed by atoms with Crippen molar-refractivity contribution in [3.63, 3.8) is 0 Å². The number of halogens is 4. The summed E-state index contributed by atoms with van der Waals surface area (Å²) >= 11 is 0. The third-order valence-electron chi connectivity index (χ3n) is 5.40. The summed E-state index contributed by atoms with van der Waals surface area (Å²) in [6, 6.07) is 11.9. The average molecular weight is 507 g/mol. The molecule has 0 saturated carbocycles. The van der Waals surface area contributed by atoms with Crippen LogP contribution in [0.25, 0.3) is 16.6 Å². The van der Waals surface area contributed by atoms with Crippen LogP contribution in [0.1, 0.15) is 11.3 Å². The molecule has 5 rings (SSSR count). The van der Waals surface area contributed by atoms with Gasteiger partial charge in [-0.15, -0.1) is 0 Å². The van der Waals surface area contributed by atoms with E-state index in [0.29, 0.717) is 23.1 Å². The Kier molecular flexibility index (Phi) is 6.22. The summed E-state index contributed by atoms with van der Waals surface area (Å²) in [6.45, 7) is 0. The van der Waals surface area contributed by atoms with Crippen LogP contribution in [0.15, 0.2) is 79.5 Å². The Morgan fingerprint density at radius 1 is 0.946 bits per heavy atom. The Morgan fingerprint density at radius 2 is 1.76 bits per heavy atom. The highest BCUT2D eigenvalue weighted by Gasteiger charge is 2.32. The minimum absolute atomic E-state index is 0.0821. The molecule has 0 spiro atoms. The van der Waals surface area contributed by atoms with Gasteiger partial charge < -0.3 is 10.6 Å². The van der Waals surface area contributed by atoms with E-state index in [-0.39, 0.29) is 17.7 Å². The minimum atomic E-state index is -4.64. The lowest BCUT2D eigenvalue weighted by Gasteiger charge is -2.10. The van der Waals surface area contributed by atoms with Crippen LogP contribution in [0, 0.1) is 5.82 Å². The van der Waals surface area contributed by atoms with E-state index in [2.05, 4.69) is 30.7 Å². The van der Waals surface area contributed by atoms with Gasteiger partial charge in [-0.25, -0.2) is 18.9 Å². The topological polar surface area (TPSA) is 97.1 Å². The van der Waals surface area contributed by atoms with Gasteiger partial charge in [-0.3, -0.25) is 9.78 Å². The number of aromatic nitrogens is 5. The summed E-state index contributed by atoms with van der Waals surface area (Å²) in [5.74, 6) is -0.981. The summed E-state index contributed by atoms with van der Waals surface area (Å²) in [7, 11) is 0. The molecule has 12 heteroatoms. The number of nitrogens with zero attached hydrogens (tertiary/aromatic N) is 5. The molecule has 4 heterocycles. The summed E-state index contributed by atoms with van der Waals surface area (Å²) in [5, 5.41) is 9.66. The van der Waals surface area contributed by atoms with Gasteiger partial charge >= 0.3 is 6.18 Å². The van der Waals surface area contributed by atoms with Gasteiger partial charge in [0.25, 0.3) is 0 Å². The zero-order chi connectivity index (χ0) is 26.0.